The van der Waals surface area contributed by atoms with Gasteiger partial charge in [-0.25, -0.2) is 0 Å². The van der Waals surface area contributed by atoms with Crippen molar-refractivity contribution in [2.45, 2.75) is 6.92 Å². The number of hydrogen-bond acceptors (Lipinski definition) is 3. The Balaban J connectivity index is 1.61. The Bertz CT molecular complexity index is 570. The van der Waals surface area contributed by atoms with Crippen LogP contribution in [0.1, 0.15) is 5.56 Å². The minimum absolute atomic E-state index is 0.0553. The van der Waals surface area contributed by atoms with Crippen LogP contribution in [0.4, 0.5) is 5.69 Å². The highest BCUT2D eigenvalue weighted by Crippen LogP contribution is 2.09. The first kappa shape index (κ1) is 15.1. The summed E-state index contributed by atoms with van der Waals surface area (Å²) in [6, 6.07) is 17.4. The summed E-state index contributed by atoms with van der Waals surface area (Å²) in [5.41, 5.74) is 1.94. The molecule has 0 radical (unpaired) electrons. The lowest BCUT2D eigenvalue weighted by atomic mass is 10.2. The van der Waals surface area contributed by atoms with Crippen LogP contribution < -0.4 is 15.4 Å². The molecule has 110 valence electrons. The molecule has 0 atom stereocenters. The molecular weight excluding hydrogens is 264 g/mol. The van der Waals surface area contributed by atoms with Crippen LogP contribution in [0.5, 0.6) is 5.75 Å². The molecule has 2 N–H and O–H groups in total. The Morgan fingerprint density at radius 3 is 2.67 bits per heavy atom. The smallest absolute Gasteiger partial charge is 0.238 e. The quantitative estimate of drug-likeness (QED) is 0.768. The maximum Gasteiger partial charge on any atom is 0.238 e. The molecule has 0 aliphatic rings. The molecule has 1 amide bonds. The van der Waals surface area contributed by atoms with Gasteiger partial charge in [-0.3, -0.25) is 4.79 Å². The van der Waals surface area contributed by atoms with Gasteiger partial charge in [-0.05, 0) is 36.8 Å². The highest BCUT2D eigenvalue weighted by atomic mass is 16.5. The van der Waals surface area contributed by atoms with Gasteiger partial charge in [-0.1, -0.05) is 30.3 Å². The monoisotopic (exact) mass is 284 g/mol. The largest absolute Gasteiger partial charge is 0.492 e. The van der Waals surface area contributed by atoms with Gasteiger partial charge >= 0.3 is 0 Å². The molecule has 4 nitrogen and oxygen atoms in total. The number of aryl methyl sites for hydroxylation is 1. The van der Waals surface area contributed by atoms with Crippen molar-refractivity contribution < 1.29 is 9.53 Å². The first-order chi connectivity index (χ1) is 10.2. The molecule has 0 aliphatic heterocycles. The summed E-state index contributed by atoms with van der Waals surface area (Å²) in [6.45, 7) is 3.42. The summed E-state index contributed by atoms with van der Waals surface area (Å²) < 4.78 is 5.53. The average Bonchev–Trinajstić information content (AvgIpc) is 2.48. The molecule has 4 heteroatoms. The first-order valence-corrected chi connectivity index (χ1v) is 6.99. The third-order valence-corrected chi connectivity index (χ3v) is 2.88. The predicted octanol–water partition coefficient (Wildman–Crippen LogP) is 2.60. The van der Waals surface area contributed by atoms with Gasteiger partial charge in [0.15, 0.2) is 0 Å². The fourth-order valence-corrected chi connectivity index (χ4v) is 1.89. The summed E-state index contributed by atoms with van der Waals surface area (Å²) >= 11 is 0. The van der Waals surface area contributed by atoms with Crippen LogP contribution in [0.2, 0.25) is 0 Å². The lowest BCUT2D eigenvalue weighted by molar-refractivity contribution is -0.115. The van der Waals surface area contributed by atoms with Crippen molar-refractivity contribution in [2.75, 3.05) is 25.0 Å². The van der Waals surface area contributed by atoms with Gasteiger partial charge in [0.1, 0.15) is 12.4 Å². The standard InChI is InChI=1S/C17H20N2O2/c1-14-6-5-7-15(12-14)19-17(20)13-18-10-11-21-16-8-3-2-4-9-16/h2-9,12,18H,10-11,13H2,1H3,(H,19,20). The van der Waals surface area contributed by atoms with Crippen molar-refractivity contribution >= 4 is 11.6 Å². The topological polar surface area (TPSA) is 50.4 Å². The summed E-state index contributed by atoms with van der Waals surface area (Å²) in [5.74, 6) is 0.781. The number of carbonyl (C=O) groups is 1. The number of nitrogens with one attached hydrogen (secondary N) is 2. The van der Waals surface area contributed by atoms with Crippen molar-refractivity contribution in [3.63, 3.8) is 0 Å². The number of carbonyl (C=O) groups excluding carboxylic acids is 1. The molecule has 2 rings (SSSR count). The van der Waals surface area contributed by atoms with E-state index in [-0.39, 0.29) is 12.5 Å². The van der Waals surface area contributed by atoms with Gasteiger partial charge in [-0.2, -0.15) is 0 Å². The normalized spacial score (nSPS) is 10.1. The van der Waals surface area contributed by atoms with Gasteiger partial charge < -0.3 is 15.4 Å². The second-order valence-corrected chi connectivity index (χ2v) is 4.76. The molecule has 0 saturated heterocycles. The molecule has 0 heterocycles. The van der Waals surface area contributed by atoms with E-state index >= 15 is 0 Å². The number of benzene rings is 2. The molecule has 21 heavy (non-hydrogen) atoms. The SMILES string of the molecule is Cc1cccc(NC(=O)CNCCOc2ccccc2)c1. The summed E-state index contributed by atoms with van der Waals surface area (Å²) in [5, 5.41) is 5.90. The third-order valence-electron chi connectivity index (χ3n) is 2.88. The van der Waals surface area contributed by atoms with E-state index in [1.807, 2.05) is 61.5 Å². The van der Waals surface area contributed by atoms with Gasteiger partial charge in [0, 0.05) is 12.2 Å². The number of amides is 1. The second kappa shape index (κ2) is 8.07. The van der Waals surface area contributed by atoms with E-state index in [0.717, 1.165) is 17.0 Å². The van der Waals surface area contributed by atoms with E-state index in [1.165, 1.54) is 0 Å². The van der Waals surface area contributed by atoms with E-state index in [4.69, 9.17) is 4.74 Å². The number of anilines is 1. The second-order valence-electron chi connectivity index (χ2n) is 4.76. The molecule has 0 bridgehead atoms. The van der Waals surface area contributed by atoms with Crippen LogP contribution in [0.15, 0.2) is 54.6 Å². The lowest BCUT2D eigenvalue weighted by Gasteiger charge is -2.08. The van der Waals surface area contributed by atoms with Gasteiger partial charge in [-0.15, -0.1) is 0 Å². The Hall–Kier alpha value is -2.33. The lowest BCUT2D eigenvalue weighted by Crippen LogP contribution is -2.31. The fraction of sp³-hybridized carbons (Fsp3) is 0.235. The maximum absolute atomic E-state index is 11.7. The van der Waals surface area contributed by atoms with Crippen molar-refractivity contribution in [3.05, 3.63) is 60.2 Å². The first-order valence-electron chi connectivity index (χ1n) is 6.99. The summed E-state index contributed by atoms with van der Waals surface area (Å²) in [7, 11) is 0. The molecule has 0 fully saturated rings. The van der Waals surface area contributed by atoms with Gasteiger partial charge in [0.05, 0.1) is 6.54 Å². The van der Waals surface area contributed by atoms with E-state index in [0.29, 0.717) is 13.2 Å². The molecule has 2 aromatic rings. The van der Waals surface area contributed by atoms with Crippen LogP contribution >= 0.6 is 0 Å². The number of rotatable bonds is 7. The zero-order valence-electron chi connectivity index (χ0n) is 12.1. The van der Waals surface area contributed by atoms with E-state index in [2.05, 4.69) is 10.6 Å². The highest BCUT2D eigenvalue weighted by Gasteiger charge is 2.01. The van der Waals surface area contributed by atoms with Crippen molar-refractivity contribution in [1.29, 1.82) is 0 Å². The number of para-hydroxylation sites is 1. The zero-order valence-corrected chi connectivity index (χ0v) is 12.1. The highest BCUT2D eigenvalue weighted by molar-refractivity contribution is 5.92. The Morgan fingerprint density at radius 2 is 1.90 bits per heavy atom. The minimum atomic E-state index is -0.0553. The van der Waals surface area contributed by atoms with Crippen molar-refractivity contribution in [1.82, 2.24) is 5.32 Å². The Morgan fingerprint density at radius 1 is 1.10 bits per heavy atom. The Kier molecular flexibility index (Phi) is 5.79. The maximum atomic E-state index is 11.7. The van der Waals surface area contributed by atoms with Crippen LogP contribution in [0.3, 0.4) is 0 Å². The van der Waals surface area contributed by atoms with Crippen LogP contribution in [0.25, 0.3) is 0 Å². The predicted molar refractivity (Wildman–Crippen MR) is 84.6 cm³/mol. The van der Waals surface area contributed by atoms with Crippen LogP contribution in [0, 0.1) is 6.92 Å². The van der Waals surface area contributed by atoms with E-state index in [1.54, 1.807) is 0 Å². The van der Waals surface area contributed by atoms with Crippen molar-refractivity contribution in [3.8, 4) is 5.75 Å². The summed E-state index contributed by atoms with van der Waals surface area (Å²) in [6.07, 6.45) is 0. The molecule has 0 aliphatic carbocycles. The molecule has 0 saturated carbocycles. The molecule has 0 spiro atoms. The van der Waals surface area contributed by atoms with Crippen LogP contribution in [-0.4, -0.2) is 25.6 Å². The zero-order chi connectivity index (χ0) is 14.9. The minimum Gasteiger partial charge on any atom is -0.492 e. The molecular formula is C17H20N2O2. The van der Waals surface area contributed by atoms with Gasteiger partial charge in [0.25, 0.3) is 0 Å². The third kappa shape index (κ3) is 5.67. The van der Waals surface area contributed by atoms with E-state index < -0.39 is 0 Å². The number of hydrogen-bond donors (Lipinski definition) is 2. The molecule has 0 unspecified atom stereocenters. The van der Waals surface area contributed by atoms with Crippen LogP contribution in [-0.2, 0) is 4.79 Å². The number of ether oxygens (including phenoxy) is 1. The van der Waals surface area contributed by atoms with E-state index in [9.17, 15) is 4.79 Å². The molecule has 2 aromatic carbocycles. The van der Waals surface area contributed by atoms with Crippen molar-refractivity contribution in [2.24, 2.45) is 0 Å². The van der Waals surface area contributed by atoms with Gasteiger partial charge in [0.2, 0.25) is 5.91 Å². The Labute approximate surface area is 125 Å². The molecule has 0 aromatic heterocycles. The summed E-state index contributed by atoms with van der Waals surface area (Å²) in [4.78, 5) is 11.7. The average molecular weight is 284 g/mol. The fourth-order valence-electron chi connectivity index (χ4n) is 1.89.